The Morgan fingerprint density at radius 2 is 1.86 bits per heavy atom. The number of likely N-dealkylation sites (tertiary alicyclic amines) is 1. The Morgan fingerprint density at radius 1 is 1.21 bits per heavy atom. The number of likely N-dealkylation sites (N-methyl/N-ethyl adjacent to an activating group) is 1. The van der Waals surface area contributed by atoms with Crippen LogP contribution in [0.1, 0.15) is 40.0 Å². The maximum Gasteiger partial charge on any atom is 0.0197 e. The molecule has 2 heteroatoms. The van der Waals surface area contributed by atoms with Crippen LogP contribution >= 0.6 is 0 Å². The Balaban J connectivity index is 2.25. The smallest absolute Gasteiger partial charge is 0.0197 e. The van der Waals surface area contributed by atoms with Crippen LogP contribution in [-0.2, 0) is 0 Å². The molecule has 1 aliphatic heterocycles. The molecule has 1 fully saturated rings. The Morgan fingerprint density at radius 3 is 2.36 bits per heavy atom. The Hall–Kier alpha value is -0.0800. The van der Waals surface area contributed by atoms with E-state index in [0.29, 0.717) is 6.04 Å². The summed E-state index contributed by atoms with van der Waals surface area (Å²) in [6.45, 7) is 11.8. The van der Waals surface area contributed by atoms with Crippen LogP contribution in [0.2, 0.25) is 0 Å². The van der Waals surface area contributed by atoms with Gasteiger partial charge in [0, 0.05) is 12.6 Å². The van der Waals surface area contributed by atoms with Crippen molar-refractivity contribution in [2.45, 2.75) is 46.1 Å². The van der Waals surface area contributed by atoms with E-state index in [1.807, 2.05) is 0 Å². The molecular formula is C12H26N2. The van der Waals surface area contributed by atoms with Gasteiger partial charge in [-0.2, -0.15) is 0 Å². The molecule has 2 nitrogen and oxygen atoms in total. The van der Waals surface area contributed by atoms with E-state index in [1.165, 1.54) is 38.9 Å². The van der Waals surface area contributed by atoms with Crippen LogP contribution in [0.5, 0.6) is 0 Å². The molecule has 0 aliphatic carbocycles. The minimum Gasteiger partial charge on any atom is -0.313 e. The number of nitrogens with one attached hydrogen (secondary N) is 1. The fraction of sp³-hybridized carbons (Fsp3) is 1.00. The van der Waals surface area contributed by atoms with E-state index in [-0.39, 0.29) is 0 Å². The third-order valence-electron chi connectivity index (χ3n) is 2.93. The van der Waals surface area contributed by atoms with E-state index in [9.17, 15) is 0 Å². The van der Waals surface area contributed by atoms with Gasteiger partial charge >= 0.3 is 0 Å². The van der Waals surface area contributed by atoms with Gasteiger partial charge in [0.25, 0.3) is 0 Å². The van der Waals surface area contributed by atoms with E-state index in [4.69, 9.17) is 0 Å². The summed E-state index contributed by atoms with van der Waals surface area (Å²) in [5, 5.41) is 3.60. The van der Waals surface area contributed by atoms with E-state index >= 15 is 0 Å². The van der Waals surface area contributed by atoms with Gasteiger partial charge in [-0.3, -0.25) is 0 Å². The highest BCUT2D eigenvalue weighted by Gasteiger charge is 2.17. The Bertz CT molecular complexity index is 139. The average molecular weight is 198 g/mol. The highest BCUT2D eigenvalue weighted by molar-refractivity contribution is 4.76. The molecule has 0 aromatic carbocycles. The van der Waals surface area contributed by atoms with Gasteiger partial charge in [0.15, 0.2) is 0 Å². The van der Waals surface area contributed by atoms with Gasteiger partial charge in [0.05, 0.1) is 0 Å². The third kappa shape index (κ3) is 4.43. The van der Waals surface area contributed by atoms with Gasteiger partial charge < -0.3 is 10.2 Å². The van der Waals surface area contributed by atoms with Crippen LogP contribution in [0.25, 0.3) is 0 Å². The van der Waals surface area contributed by atoms with Gasteiger partial charge in [-0.1, -0.05) is 20.8 Å². The minimum absolute atomic E-state index is 0.707. The summed E-state index contributed by atoms with van der Waals surface area (Å²) in [7, 11) is 0. The molecule has 1 saturated heterocycles. The molecule has 14 heavy (non-hydrogen) atoms. The summed E-state index contributed by atoms with van der Waals surface area (Å²) in [6.07, 6.45) is 4.12. The normalized spacial score (nSPS) is 20.6. The summed E-state index contributed by atoms with van der Waals surface area (Å²) in [6, 6.07) is 0.707. The van der Waals surface area contributed by atoms with E-state index < -0.39 is 0 Å². The summed E-state index contributed by atoms with van der Waals surface area (Å²) in [4.78, 5) is 2.61. The van der Waals surface area contributed by atoms with Crippen LogP contribution < -0.4 is 5.32 Å². The lowest BCUT2D eigenvalue weighted by Crippen LogP contribution is -2.40. The molecule has 1 N–H and O–H groups in total. The molecule has 1 atom stereocenters. The predicted molar refractivity (Wildman–Crippen MR) is 62.6 cm³/mol. The topological polar surface area (TPSA) is 15.3 Å². The summed E-state index contributed by atoms with van der Waals surface area (Å²) in [5.41, 5.74) is 0. The summed E-state index contributed by atoms with van der Waals surface area (Å²) < 4.78 is 0. The first-order valence-electron chi connectivity index (χ1n) is 6.18. The lowest BCUT2D eigenvalue weighted by Gasteiger charge is -2.25. The number of rotatable bonds is 6. The zero-order valence-electron chi connectivity index (χ0n) is 10.1. The van der Waals surface area contributed by atoms with E-state index in [2.05, 4.69) is 31.0 Å². The predicted octanol–water partition coefficient (Wildman–Crippen LogP) is 2.11. The van der Waals surface area contributed by atoms with Crippen molar-refractivity contribution in [3.63, 3.8) is 0 Å². The second kappa shape index (κ2) is 6.41. The first kappa shape index (κ1) is 12.0. The van der Waals surface area contributed by atoms with Gasteiger partial charge in [0.2, 0.25) is 0 Å². The second-order valence-electron chi connectivity index (χ2n) is 4.89. The minimum atomic E-state index is 0.707. The summed E-state index contributed by atoms with van der Waals surface area (Å²) in [5.74, 6) is 0.807. The molecule has 1 heterocycles. The van der Waals surface area contributed by atoms with Crippen molar-refractivity contribution in [3.05, 3.63) is 0 Å². The number of hydrogen-bond donors (Lipinski definition) is 1. The van der Waals surface area contributed by atoms with E-state index in [0.717, 1.165) is 12.5 Å². The van der Waals surface area contributed by atoms with Crippen LogP contribution in [0.4, 0.5) is 0 Å². The first-order chi connectivity index (χ1) is 6.72. The molecule has 0 unspecified atom stereocenters. The highest BCUT2D eigenvalue weighted by atomic mass is 15.2. The Kier molecular flexibility index (Phi) is 5.49. The highest BCUT2D eigenvalue weighted by Crippen LogP contribution is 2.11. The number of nitrogens with zero attached hydrogens (tertiary/aromatic N) is 1. The van der Waals surface area contributed by atoms with Gasteiger partial charge in [0.1, 0.15) is 0 Å². The average Bonchev–Trinajstić information content (AvgIpc) is 2.56. The van der Waals surface area contributed by atoms with Crippen molar-refractivity contribution in [2.75, 3.05) is 26.2 Å². The quantitative estimate of drug-likeness (QED) is 0.703. The number of hydrogen-bond acceptors (Lipinski definition) is 2. The van der Waals surface area contributed by atoms with Crippen LogP contribution in [0.3, 0.4) is 0 Å². The van der Waals surface area contributed by atoms with Crippen molar-refractivity contribution in [1.82, 2.24) is 10.2 Å². The van der Waals surface area contributed by atoms with Gasteiger partial charge in [-0.05, 0) is 44.8 Å². The van der Waals surface area contributed by atoms with Crippen molar-refractivity contribution < 1.29 is 0 Å². The molecular weight excluding hydrogens is 172 g/mol. The molecule has 0 aromatic heterocycles. The van der Waals surface area contributed by atoms with Crippen molar-refractivity contribution in [3.8, 4) is 0 Å². The van der Waals surface area contributed by atoms with Crippen molar-refractivity contribution in [2.24, 2.45) is 5.92 Å². The Labute approximate surface area is 89.1 Å². The monoisotopic (exact) mass is 198 g/mol. The lowest BCUT2D eigenvalue weighted by atomic mass is 10.0. The zero-order valence-corrected chi connectivity index (χ0v) is 10.1. The van der Waals surface area contributed by atoms with E-state index in [1.54, 1.807) is 0 Å². The molecule has 0 spiro atoms. The van der Waals surface area contributed by atoms with Crippen LogP contribution in [-0.4, -0.2) is 37.1 Å². The summed E-state index contributed by atoms with van der Waals surface area (Å²) >= 11 is 0. The molecule has 1 aliphatic rings. The SMILES string of the molecule is CCN[C@@H](CC(C)C)CN1CCCC1. The largest absolute Gasteiger partial charge is 0.313 e. The third-order valence-corrected chi connectivity index (χ3v) is 2.93. The molecule has 0 amide bonds. The maximum atomic E-state index is 3.60. The van der Waals surface area contributed by atoms with Crippen molar-refractivity contribution in [1.29, 1.82) is 0 Å². The standard InChI is InChI=1S/C12H26N2/c1-4-13-12(9-11(2)3)10-14-7-5-6-8-14/h11-13H,4-10H2,1-3H3/t12-/m0/s1. The van der Waals surface area contributed by atoms with Crippen LogP contribution in [0.15, 0.2) is 0 Å². The molecule has 0 saturated carbocycles. The molecule has 1 rings (SSSR count). The fourth-order valence-electron chi connectivity index (χ4n) is 2.36. The molecule has 0 radical (unpaired) electrons. The van der Waals surface area contributed by atoms with Gasteiger partial charge in [-0.25, -0.2) is 0 Å². The maximum absolute atomic E-state index is 3.60. The molecule has 0 aromatic rings. The second-order valence-corrected chi connectivity index (χ2v) is 4.89. The van der Waals surface area contributed by atoms with Crippen LogP contribution in [0, 0.1) is 5.92 Å². The molecule has 84 valence electrons. The van der Waals surface area contributed by atoms with Gasteiger partial charge in [-0.15, -0.1) is 0 Å². The van der Waals surface area contributed by atoms with Crippen molar-refractivity contribution >= 4 is 0 Å². The first-order valence-corrected chi connectivity index (χ1v) is 6.18. The fourth-order valence-corrected chi connectivity index (χ4v) is 2.36. The molecule has 0 bridgehead atoms. The lowest BCUT2D eigenvalue weighted by molar-refractivity contribution is 0.271. The zero-order chi connectivity index (χ0) is 10.4.